The lowest BCUT2D eigenvalue weighted by Crippen LogP contribution is -1.99. The van der Waals surface area contributed by atoms with Crippen LogP contribution in [0.2, 0.25) is 0 Å². The minimum Gasteiger partial charge on any atom is -0.508 e. The summed E-state index contributed by atoms with van der Waals surface area (Å²) in [7, 11) is 0. The molecule has 0 aliphatic rings. The Morgan fingerprint density at radius 2 is 2.00 bits per heavy atom. The van der Waals surface area contributed by atoms with Crippen LogP contribution >= 0.6 is 0 Å². The highest BCUT2D eigenvalue weighted by Crippen LogP contribution is 2.35. The average Bonchev–Trinajstić information content (AvgIpc) is 2.90. The van der Waals surface area contributed by atoms with Gasteiger partial charge in [-0.15, -0.1) is 0 Å². The summed E-state index contributed by atoms with van der Waals surface area (Å²) in [5, 5.41) is 26.6. The molecule has 0 amide bonds. The summed E-state index contributed by atoms with van der Waals surface area (Å²) >= 11 is 0. The third-order valence-corrected chi connectivity index (χ3v) is 3.71. The second kappa shape index (κ2) is 4.63. The van der Waals surface area contributed by atoms with Crippen LogP contribution in [-0.4, -0.2) is 26.4 Å². The maximum atomic E-state index is 11.4. The fourth-order valence-corrected chi connectivity index (χ4v) is 2.65. The van der Waals surface area contributed by atoms with Crippen molar-refractivity contribution < 1.29 is 15.0 Å². The van der Waals surface area contributed by atoms with E-state index in [4.69, 9.17) is 0 Å². The molecule has 1 heterocycles. The molecule has 0 atom stereocenters. The Bertz CT molecular complexity index is 865. The molecule has 1 aromatic heterocycles. The van der Waals surface area contributed by atoms with E-state index in [-0.39, 0.29) is 11.3 Å². The highest BCUT2D eigenvalue weighted by molar-refractivity contribution is 6.04. The van der Waals surface area contributed by atoms with Crippen LogP contribution in [-0.2, 0) is 0 Å². The van der Waals surface area contributed by atoms with Crippen molar-refractivity contribution in [2.75, 3.05) is 0 Å². The minimum absolute atomic E-state index is 0.169. The molecule has 0 aliphatic carbocycles. The number of nitrogens with zero attached hydrogens (tertiary/aromatic N) is 1. The molecule has 0 fully saturated rings. The standard InChI is InChI=1S/C16H14N2O3/c1-8-3-4-13(19)9(2)14(8)10-5-11-7-17-18-15(11)12(6-10)16(20)21/h3-7,19H,1-2H3,(H,17,18)(H,20,21). The second-order valence-corrected chi connectivity index (χ2v) is 5.06. The first-order valence-corrected chi connectivity index (χ1v) is 6.49. The first-order chi connectivity index (χ1) is 9.99. The molecule has 106 valence electrons. The van der Waals surface area contributed by atoms with Crippen molar-refractivity contribution in [3.05, 3.63) is 47.2 Å². The molecule has 0 spiro atoms. The zero-order valence-corrected chi connectivity index (χ0v) is 11.6. The molecule has 0 bridgehead atoms. The summed E-state index contributed by atoms with van der Waals surface area (Å²) in [5.74, 6) is -0.818. The van der Waals surface area contributed by atoms with Gasteiger partial charge in [-0.25, -0.2) is 4.79 Å². The minimum atomic E-state index is -1.01. The quantitative estimate of drug-likeness (QED) is 0.673. The number of benzene rings is 2. The summed E-state index contributed by atoms with van der Waals surface area (Å²) < 4.78 is 0. The SMILES string of the molecule is Cc1ccc(O)c(C)c1-c1cc(C(=O)O)c2[nH]ncc2c1. The summed E-state index contributed by atoms with van der Waals surface area (Å²) in [4.78, 5) is 11.4. The van der Waals surface area contributed by atoms with E-state index in [1.807, 2.05) is 26.0 Å². The predicted molar refractivity (Wildman–Crippen MR) is 79.6 cm³/mol. The van der Waals surface area contributed by atoms with Gasteiger partial charge in [-0.2, -0.15) is 5.10 Å². The van der Waals surface area contributed by atoms with Crippen molar-refractivity contribution in [1.29, 1.82) is 0 Å². The normalized spacial score (nSPS) is 11.0. The Morgan fingerprint density at radius 1 is 1.24 bits per heavy atom. The van der Waals surface area contributed by atoms with Crippen LogP contribution in [0.5, 0.6) is 5.75 Å². The largest absolute Gasteiger partial charge is 0.508 e. The van der Waals surface area contributed by atoms with Crippen LogP contribution in [0.25, 0.3) is 22.0 Å². The molecule has 0 saturated heterocycles. The summed E-state index contributed by atoms with van der Waals surface area (Å²) in [6, 6.07) is 6.94. The molecular weight excluding hydrogens is 268 g/mol. The molecule has 3 rings (SSSR count). The van der Waals surface area contributed by atoms with E-state index in [0.717, 1.165) is 27.6 Å². The summed E-state index contributed by atoms with van der Waals surface area (Å²) in [5.41, 5.74) is 3.98. The van der Waals surface area contributed by atoms with Gasteiger partial charge in [-0.3, -0.25) is 5.10 Å². The van der Waals surface area contributed by atoms with E-state index in [9.17, 15) is 15.0 Å². The van der Waals surface area contributed by atoms with Gasteiger partial charge in [-0.1, -0.05) is 6.07 Å². The third-order valence-electron chi connectivity index (χ3n) is 3.71. The average molecular weight is 282 g/mol. The maximum Gasteiger partial charge on any atom is 0.337 e. The van der Waals surface area contributed by atoms with Crippen molar-refractivity contribution in [3.63, 3.8) is 0 Å². The first-order valence-electron chi connectivity index (χ1n) is 6.49. The Kier molecular flexibility index (Phi) is 2.90. The molecule has 0 radical (unpaired) electrons. The Labute approximate surface area is 120 Å². The van der Waals surface area contributed by atoms with Gasteiger partial charge in [-0.05, 0) is 54.3 Å². The summed E-state index contributed by atoms with van der Waals surface area (Å²) in [6.45, 7) is 3.75. The van der Waals surface area contributed by atoms with Crippen molar-refractivity contribution >= 4 is 16.9 Å². The number of aryl methyl sites for hydroxylation is 1. The van der Waals surface area contributed by atoms with E-state index >= 15 is 0 Å². The number of carboxylic acids is 1. The second-order valence-electron chi connectivity index (χ2n) is 5.06. The van der Waals surface area contributed by atoms with Gasteiger partial charge in [0.1, 0.15) is 5.75 Å². The van der Waals surface area contributed by atoms with Gasteiger partial charge in [0.25, 0.3) is 0 Å². The van der Waals surface area contributed by atoms with E-state index in [2.05, 4.69) is 10.2 Å². The van der Waals surface area contributed by atoms with Gasteiger partial charge >= 0.3 is 5.97 Å². The molecule has 3 aromatic rings. The van der Waals surface area contributed by atoms with E-state index in [0.29, 0.717) is 5.52 Å². The van der Waals surface area contributed by atoms with E-state index in [1.54, 1.807) is 18.3 Å². The zero-order chi connectivity index (χ0) is 15.1. The number of aromatic nitrogens is 2. The van der Waals surface area contributed by atoms with Gasteiger partial charge < -0.3 is 10.2 Å². The number of carboxylic acid groups (broad SMARTS) is 1. The fraction of sp³-hybridized carbons (Fsp3) is 0.125. The number of phenols is 1. The van der Waals surface area contributed by atoms with Crippen molar-refractivity contribution in [2.45, 2.75) is 13.8 Å². The number of carbonyl (C=O) groups is 1. The van der Waals surface area contributed by atoms with Crippen molar-refractivity contribution in [2.24, 2.45) is 0 Å². The molecule has 3 N–H and O–H groups in total. The molecule has 0 saturated carbocycles. The monoisotopic (exact) mass is 282 g/mol. The smallest absolute Gasteiger partial charge is 0.337 e. The number of aromatic carboxylic acids is 1. The number of fused-ring (bicyclic) bond motifs is 1. The highest BCUT2D eigenvalue weighted by atomic mass is 16.4. The number of hydrogen-bond acceptors (Lipinski definition) is 3. The number of aromatic amines is 1. The van der Waals surface area contributed by atoms with Gasteiger partial charge in [0.2, 0.25) is 0 Å². The van der Waals surface area contributed by atoms with Crippen LogP contribution in [0, 0.1) is 13.8 Å². The van der Waals surface area contributed by atoms with Gasteiger partial charge in [0.15, 0.2) is 0 Å². The van der Waals surface area contributed by atoms with Crippen LogP contribution in [0.15, 0.2) is 30.5 Å². The molecule has 2 aromatic carbocycles. The number of hydrogen-bond donors (Lipinski definition) is 3. The van der Waals surface area contributed by atoms with Crippen LogP contribution in [0.4, 0.5) is 0 Å². The Hall–Kier alpha value is -2.82. The number of rotatable bonds is 2. The predicted octanol–water partition coefficient (Wildman–Crippen LogP) is 3.25. The van der Waals surface area contributed by atoms with Gasteiger partial charge in [0.05, 0.1) is 17.3 Å². The number of nitrogens with one attached hydrogen (secondary N) is 1. The molecular formula is C16H14N2O3. The van der Waals surface area contributed by atoms with Crippen LogP contribution in [0.3, 0.4) is 0 Å². The number of aromatic hydroxyl groups is 1. The van der Waals surface area contributed by atoms with E-state index in [1.165, 1.54) is 0 Å². The molecule has 5 heteroatoms. The highest BCUT2D eigenvalue weighted by Gasteiger charge is 2.16. The Morgan fingerprint density at radius 3 is 2.71 bits per heavy atom. The number of phenolic OH excluding ortho intramolecular Hbond substituents is 1. The molecule has 21 heavy (non-hydrogen) atoms. The van der Waals surface area contributed by atoms with Crippen molar-refractivity contribution in [1.82, 2.24) is 10.2 Å². The molecule has 0 aliphatic heterocycles. The van der Waals surface area contributed by atoms with Crippen LogP contribution < -0.4 is 0 Å². The lowest BCUT2D eigenvalue weighted by atomic mass is 9.93. The number of H-pyrrole nitrogens is 1. The fourth-order valence-electron chi connectivity index (χ4n) is 2.65. The van der Waals surface area contributed by atoms with E-state index < -0.39 is 5.97 Å². The zero-order valence-electron chi connectivity index (χ0n) is 11.6. The molecule has 5 nitrogen and oxygen atoms in total. The Balaban J connectivity index is 2.36. The van der Waals surface area contributed by atoms with Gasteiger partial charge in [0, 0.05) is 5.39 Å². The lowest BCUT2D eigenvalue weighted by molar-refractivity contribution is 0.0699. The summed E-state index contributed by atoms with van der Waals surface area (Å²) in [6.07, 6.45) is 1.60. The molecule has 0 unspecified atom stereocenters. The van der Waals surface area contributed by atoms with Crippen LogP contribution in [0.1, 0.15) is 21.5 Å². The maximum absolute atomic E-state index is 11.4. The van der Waals surface area contributed by atoms with Crippen molar-refractivity contribution in [3.8, 4) is 16.9 Å². The topological polar surface area (TPSA) is 86.2 Å². The third kappa shape index (κ3) is 2.03. The lowest BCUT2D eigenvalue weighted by Gasteiger charge is -2.12. The first kappa shape index (κ1) is 13.2.